The van der Waals surface area contributed by atoms with Crippen LogP contribution in [-0.4, -0.2) is 25.1 Å². The zero-order valence-corrected chi connectivity index (χ0v) is 15.0. The number of fused-ring (bicyclic) bond motifs is 1. The highest BCUT2D eigenvalue weighted by molar-refractivity contribution is 5.92. The van der Waals surface area contributed by atoms with Crippen LogP contribution in [0.5, 0.6) is 5.75 Å². The van der Waals surface area contributed by atoms with Crippen LogP contribution in [0.2, 0.25) is 0 Å². The summed E-state index contributed by atoms with van der Waals surface area (Å²) in [5.74, 6) is -0.270. The van der Waals surface area contributed by atoms with Crippen LogP contribution in [0.4, 0.5) is 0 Å². The van der Waals surface area contributed by atoms with E-state index in [0.717, 1.165) is 24.8 Å². The summed E-state index contributed by atoms with van der Waals surface area (Å²) < 4.78 is 10.4. The molecule has 2 atom stereocenters. The van der Waals surface area contributed by atoms with Gasteiger partial charge in [0.25, 0.3) is 5.91 Å². The maximum atomic E-state index is 12.5. The minimum atomic E-state index is -0.872. The first kappa shape index (κ1) is 18.0. The summed E-state index contributed by atoms with van der Waals surface area (Å²) in [5, 5.41) is 3.01. The quantitative estimate of drug-likeness (QED) is 0.837. The van der Waals surface area contributed by atoms with Crippen molar-refractivity contribution in [3.63, 3.8) is 0 Å². The number of benzene rings is 2. The molecule has 0 heterocycles. The van der Waals surface area contributed by atoms with Crippen molar-refractivity contribution in [2.24, 2.45) is 0 Å². The Morgan fingerprint density at radius 1 is 1.15 bits per heavy atom. The summed E-state index contributed by atoms with van der Waals surface area (Å²) in [6, 6.07) is 14.8. The molecule has 0 spiro atoms. The third kappa shape index (κ3) is 4.04. The van der Waals surface area contributed by atoms with E-state index in [1.807, 2.05) is 18.2 Å². The SMILES string of the molecule is COc1cccc(C(=O)O[C@@H](C)C(=O)N[C@@H]2CCCc3ccccc32)c1. The second-order valence-electron chi connectivity index (χ2n) is 6.43. The third-order valence-electron chi connectivity index (χ3n) is 4.64. The standard InChI is InChI=1S/C21H23NO4/c1-14(26-21(24)16-9-5-10-17(13-16)25-2)20(23)22-19-12-6-8-15-7-3-4-11-18(15)19/h3-5,7,9-11,13-14,19H,6,8,12H2,1-2H3,(H,22,23)/t14-,19+/m0/s1. The Morgan fingerprint density at radius 3 is 2.77 bits per heavy atom. The molecule has 2 aromatic carbocycles. The smallest absolute Gasteiger partial charge is 0.339 e. The summed E-state index contributed by atoms with van der Waals surface area (Å²) in [6.45, 7) is 1.59. The van der Waals surface area contributed by atoms with Crippen molar-refractivity contribution in [1.29, 1.82) is 0 Å². The number of esters is 1. The van der Waals surface area contributed by atoms with Gasteiger partial charge in [-0.1, -0.05) is 30.3 Å². The van der Waals surface area contributed by atoms with Gasteiger partial charge in [0.15, 0.2) is 6.10 Å². The largest absolute Gasteiger partial charge is 0.497 e. The number of methoxy groups -OCH3 is 1. The Kier molecular flexibility index (Phi) is 5.56. The Labute approximate surface area is 153 Å². The number of ether oxygens (including phenoxy) is 2. The number of carbonyl (C=O) groups is 2. The van der Waals surface area contributed by atoms with E-state index in [1.165, 1.54) is 12.7 Å². The molecule has 1 aliphatic carbocycles. The fourth-order valence-electron chi connectivity index (χ4n) is 3.23. The number of aryl methyl sites for hydroxylation is 1. The lowest BCUT2D eigenvalue weighted by Crippen LogP contribution is -2.39. The average molecular weight is 353 g/mol. The van der Waals surface area contributed by atoms with E-state index in [0.29, 0.717) is 11.3 Å². The molecule has 136 valence electrons. The highest BCUT2D eigenvalue weighted by Gasteiger charge is 2.25. The second-order valence-corrected chi connectivity index (χ2v) is 6.43. The van der Waals surface area contributed by atoms with Gasteiger partial charge in [-0.05, 0) is 55.5 Å². The molecule has 0 fully saturated rings. The van der Waals surface area contributed by atoms with Gasteiger partial charge in [0, 0.05) is 0 Å². The third-order valence-corrected chi connectivity index (χ3v) is 4.64. The lowest BCUT2D eigenvalue weighted by molar-refractivity contribution is -0.130. The maximum absolute atomic E-state index is 12.5. The molecule has 0 aliphatic heterocycles. The molecule has 0 saturated carbocycles. The van der Waals surface area contributed by atoms with Crippen LogP contribution in [0, 0.1) is 0 Å². The first-order valence-electron chi connectivity index (χ1n) is 8.81. The van der Waals surface area contributed by atoms with E-state index in [-0.39, 0.29) is 11.9 Å². The van der Waals surface area contributed by atoms with Gasteiger partial charge >= 0.3 is 5.97 Å². The molecule has 0 bridgehead atoms. The van der Waals surface area contributed by atoms with Gasteiger partial charge in [0.05, 0.1) is 18.7 Å². The molecular formula is C21H23NO4. The van der Waals surface area contributed by atoms with E-state index in [1.54, 1.807) is 31.2 Å². The number of amides is 1. The molecule has 0 radical (unpaired) electrons. The first-order chi connectivity index (χ1) is 12.6. The predicted molar refractivity (Wildman–Crippen MR) is 98.1 cm³/mol. The van der Waals surface area contributed by atoms with Crippen molar-refractivity contribution < 1.29 is 19.1 Å². The Morgan fingerprint density at radius 2 is 1.96 bits per heavy atom. The molecule has 1 N–H and O–H groups in total. The van der Waals surface area contributed by atoms with Crippen LogP contribution in [0.3, 0.4) is 0 Å². The van der Waals surface area contributed by atoms with E-state index < -0.39 is 12.1 Å². The van der Waals surface area contributed by atoms with Gasteiger partial charge < -0.3 is 14.8 Å². The zero-order chi connectivity index (χ0) is 18.5. The lowest BCUT2D eigenvalue weighted by atomic mass is 9.87. The van der Waals surface area contributed by atoms with Crippen molar-refractivity contribution in [2.45, 2.75) is 38.3 Å². The molecular weight excluding hydrogens is 330 g/mol. The Bertz CT molecular complexity index is 802. The summed E-state index contributed by atoms with van der Waals surface area (Å²) in [7, 11) is 1.53. The molecule has 3 rings (SSSR count). The van der Waals surface area contributed by atoms with E-state index in [9.17, 15) is 9.59 Å². The fourth-order valence-corrected chi connectivity index (χ4v) is 3.23. The summed E-state index contributed by atoms with van der Waals surface area (Å²) >= 11 is 0. The summed E-state index contributed by atoms with van der Waals surface area (Å²) in [4.78, 5) is 24.8. The molecule has 5 heteroatoms. The second kappa shape index (κ2) is 8.04. The first-order valence-corrected chi connectivity index (χ1v) is 8.81. The number of carbonyl (C=O) groups excluding carboxylic acids is 2. The number of nitrogens with one attached hydrogen (secondary N) is 1. The van der Waals surface area contributed by atoms with Gasteiger partial charge in [0.1, 0.15) is 5.75 Å². The van der Waals surface area contributed by atoms with Crippen LogP contribution in [0.1, 0.15) is 47.3 Å². The summed E-state index contributed by atoms with van der Waals surface area (Å²) in [6.07, 6.45) is 2.07. The van der Waals surface area contributed by atoms with Gasteiger partial charge in [-0.2, -0.15) is 0 Å². The minimum absolute atomic E-state index is 0.0366. The zero-order valence-electron chi connectivity index (χ0n) is 15.0. The number of rotatable bonds is 5. The Hall–Kier alpha value is -2.82. The van der Waals surface area contributed by atoms with Gasteiger partial charge in [-0.15, -0.1) is 0 Å². The molecule has 5 nitrogen and oxygen atoms in total. The molecule has 1 amide bonds. The van der Waals surface area contributed by atoms with E-state index in [2.05, 4.69) is 11.4 Å². The van der Waals surface area contributed by atoms with Crippen LogP contribution >= 0.6 is 0 Å². The molecule has 0 saturated heterocycles. The molecule has 0 aromatic heterocycles. The van der Waals surface area contributed by atoms with Gasteiger partial charge in [-0.25, -0.2) is 4.79 Å². The highest BCUT2D eigenvalue weighted by atomic mass is 16.5. The van der Waals surface area contributed by atoms with Crippen molar-refractivity contribution in [1.82, 2.24) is 5.32 Å². The van der Waals surface area contributed by atoms with Crippen LogP contribution in [0.25, 0.3) is 0 Å². The summed E-state index contributed by atoms with van der Waals surface area (Å²) in [5.41, 5.74) is 2.77. The minimum Gasteiger partial charge on any atom is -0.497 e. The van der Waals surface area contributed by atoms with Crippen LogP contribution in [-0.2, 0) is 16.0 Å². The number of hydrogen-bond donors (Lipinski definition) is 1. The van der Waals surface area contributed by atoms with Gasteiger partial charge in [0.2, 0.25) is 0 Å². The van der Waals surface area contributed by atoms with Crippen LogP contribution < -0.4 is 10.1 Å². The van der Waals surface area contributed by atoms with Crippen molar-refractivity contribution >= 4 is 11.9 Å². The predicted octanol–water partition coefficient (Wildman–Crippen LogP) is 3.43. The Balaban J connectivity index is 1.62. The normalized spacial score (nSPS) is 16.9. The monoisotopic (exact) mass is 353 g/mol. The van der Waals surface area contributed by atoms with Crippen molar-refractivity contribution in [3.05, 3.63) is 65.2 Å². The van der Waals surface area contributed by atoms with E-state index in [4.69, 9.17) is 9.47 Å². The van der Waals surface area contributed by atoms with E-state index >= 15 is 0 Å². The molecule has 1 aliphatic rings. The van der Waals surface area contributed by atoms with Gasteiger partial charge in [-0.3, -0.25) is 4.79 Å². The molecule has 26 heavy (non-hydrogen) atoms. The van der Waals surface area contributed by atoms with Crippen molar-refractivity contribution in [3.8, 4) is 5.75 Å². The number of hydrogen-bond acceptors (Lipinski definition) is 4. The molecule has 0 unspecified atom stereocenters. The van der Waals surface area contributed by atoms with Crippen molar-refractivity contribution in [2.75, 3.05) is 7.11 Å². The lowest BCUT2D eigenvalue weighted by Gasteiger charge is -2.27. The maximum Gasteiger partial charge on any atom is 0.339 e. The topological polar surface area (TPSA) is 64.6 Å². The highest BCUT2D eigenvalue weighted by Crippen LogP contribution is 2.29. The molecule has 2 aromatic rings. The fraction of sp³-hybridized carbons (Fsp3) is 0.333. The average Bonchev–Trinajstić information content (AvgIpc) is 2.68. The van der Waals surface area contributed by atoms with Crippen LogP contribution in [0.15, 0.2) is 48.5 Å².